The van der Waals surface area contributed by atoms with Gasteiger partial charge in [0, 0.05) is 12.6 Å². The minimum atomic E-state index is -0.0255. The summed E-state index contributed by atoms with van der Waals surface area (Å²) in [5, 5.41) is 9.22. The van der Waals surface area contributed by atoms with Gasteiger partial charge in [-0.15, -0.1) is 0 Å². The maximum atomic E-state index is 11.6. The van der Waals surface area contributed by atoms with E-state index in [1.807, 2.05) is 0 Å². The molecule has 2 aliphatic heterocycles. The predicted molar refractivity (Wildman–Crippen MR) is 58.6 cm³/mol. The highest BCUT2D eigenvalue weighted by atomic mass is 16.2. The fourth-order valence-corrected chi connectivity index (χ4v) is 2.25. The van der Waals surface area contributed by atoms with Gasteiger partial charge in [-0.1, -0.05) is 0 Å². The Morgan fingerprint density at radius 2 is 2.27 bits per heavy atom. The van der Waals surface area contributed by atoms with Crippen LogP contribution in [-0.2, 0) is 0 Å². The van der Waals surface area contributed by atoms with Crippen molar-refractivity contribution < 1.29 is 4.79 Å². The number of amides is 2. The van der Waals surface area contributed by atoms with E-state index in [1.54, 1.807) is 0 Å². The minimum Gasteiger partial charge on any atom is -0.334 e. The molecule has 0 aliphatic carbocycles. The maximum Gasteiger partial charge on any atom is 0.316 e. The van der Waals surface area contributed by atoms with Crippen LogP contribution in [0.1, 0.15) is 19.3 Å². The van der Waals surface area contributed by atoms with E-state index >= 15 is 0 Å². The van der Waals surface area contributed by atoms with Crippen LogP contribution in [-0.4, -0.2) is 49.8 Å². The van der Waals surface area contributed by atoms with Crippen LogP contribution < -0.4 is 16.0 Å². The van der Waals surface area contributed by atoms with E-state index in [-0.39, 0.29) is 12.2 Å². The van der Waals surface area contributed by atoms with Crippen LogP contribution in [0.3, 0.4) is 0 Å². The fourth-order valence-electron chi connectivity index (χ4n) is 2.25. The first-order chi connectivity index (χ1) is 7.25. The molecule has 86 valence electrons. The molecule has 0 bridgehead atoms. The van der Waals surface area contributed by atoms with Crippen molar-refractivity contribution in [1.82, 2.24) is 20.9 Å². The Labute approximate surface area is 90.6 Å². The van der Waals surface area contributed by atoms with Crippen molar-refractivity contribution in [2.24, 2.45) is 0 Å². The zero-order chi connectivity index (χ0) is 10.7. The molecule has 0 radical (unpaired) electrons. The van der Waals surface area contributed by atoms with E-state index in [9.17, 15) is 4.79 Å². The number of rotatable bonds is 2. The first-order valence-corrected chi connectivity index (χ1v) is 5.73. The summed E-state index contributed by atoms with van der Waals surface area (Å²) in [6.07, 6.45) is 3.49. The largest absolute Gasteiger partial charge is 0.334 e. The third-order valence-electron chi connectivity index (χ3n) is 3.21. The summed E-state index contributed by atoms with van der Waals surface area (Å²) in [5.41, 5.74) is 0. The van der Waals surface area contributed by atoms with E-state index in [4.69, 9.17) is 0 Å². The topological polar surface area (TPSA) is 56.4 Å². The molecule has 0 aromatic carbocycles. The number of carbonyl (C=O) groups excluding carboxylic acids is 1. The van der Waals surface area contributed by atoms with Crippen molar-refractivity contribution in [2.75, 3.05) is 26.7 Å². The van der Waals surface area contributed by atoms with Gasteiger partial charge in [-0.2, -0.15) is 0 Å². The summed E-state index contributed by atoms with van der Waals surface area (Å²) in [6, 6.07) is 0.277. The average molecular weight is 212 g/mol. The van der Waals surface area contributed by atoms with Crippen molar-refractivity contribution in [1.29, 1.82) is 0 Å². The van der Waals surface area contributed by atoms with Gasteiger partial charge in [0.05, 0.1) is 6.17 Å². The van der Waals surface area contributed by atoms with Gasteiger partial charge in [-0.05, 0) is 39.4 Å². The highest BCUT2D eigenvalue weighted by Crippen LogP contribution is 2.11. The van der Waals surface area contributed by atoms with Crippen molar-refractivity contribution in [2.45, 2.75) is 31.5 Å². The van der Waals surface area contributed by atoms with Gasteiger partial charge in [-0.25, -0.2) is 4.79 Å². The average Bonchev–Trinajstić information content (AvgIpc) is 2.79. The van der Waals surface area contributed by atoms with Gasteiger partial charge in [0.1, 0.15) is 0 Å². The summed E-state index contributed by atoms with van der Waals surface area (Å²) in [6.45, 7) is 2.98. The predicted octanol–water partition coefficient (Wildman–Crippen LogP) is -0.301. The molecule has 2 amide bonds. The van der Waals surface area contributed by atoms with Gasteiger partial charge in [0.2, 0.25) is 0 Å². The molecule has 2 fully saturated rings. The number of nitrogens with zero attached hydrogens (tertiary/aromatic N) is 1. The lowest BCUT2D eigenvalue weighted by atomic mass is 10.3. The number of carbonyl (C=O) groups is 1. The van der Waals surface area contributed by atoms with Crippen LogP contribution in [0.15, 0.2) is 0 Å². The van der Waals surface area contributed by atoms with E-state index in [0.29, 0.717) is 6.04 Å². The molecular formula is C10H20N4O. The first-order valence-electron chi connectivity index (χ1n) is 5.73. The molecule has 2 heterocycles. The summed E-state index contributed by atoms with van der Waals surface area (Å²) < 4.78 is 0. The highest BCUT2D eigenvalue weighted by molar-refractivity contribution is 5.74. The Morgan fingerprint density at radius 3 is 2.87 bits per heavy atom. The number of hydrogen-bond acceptors (Lipinski definition) is 3. The second kappa shape index (κ2) is 4.81. The molecule has 15 heavy (non-hydrogen) atoms. The zero-order valence-corrected chi connectivity index (χ0v) is 9.25. The Balaban J connectivity index is 1.71. The fraction of sp³-hybridized carbons (Fsp3) is 0.900. The smallest absolute Gasteiger partial charge is 0.316 e. The summed E-state index contributed by atoms with van der Waals surface area (Å²) in [4.78, 5) is 13.8. The lowest BCUT2D eigenvalue weighted by Gasteiger charge is -2.22. The first kappa shape index (κ1) is 10.7. The zero-order valence-electron chi connectivity index (χ0n) is 9.25. The number of hydrogen-bond donors (Lipinski definition) is 3. The van der Waals surface area contributed by atoms with Crippen molar-refractivity contribution in [3.8, 4) is 0 Å². The SMILES string of the molecule is CN1CCCC1NC(=O)NC1CCNC1. The molecular weight excluding hydrogens is 192 g/mol. The van der Waals surface area contributed by atoms with Crippen LogP contribution in [0.2, 0.25) is 0 Å². The molecule has 2 unspecified atom stereocenters. The third-order valence-corrected chi connectivity index (χ3v) is 3.21. The van der Waals surface area contributed by atoms with Crippen LogP contribution in [0, 0.1) is 0 Å². The summed E-state index contributed by atoms with van der Waals surface area (Å²) in [5.74, 6) is 0. The third kappa shape index (κ3) is 2.82. The molecule has 5 heteroatoms. The van der Waals surface area contributed by atoms with Crippen molar-refractivity contribution >= 4 is 6.03 Å². The minimum absolute atomic E-state index is 0.0255. The Bertz CT molecular complexity index is 227. The second-order valence-corrected chi connectivity index (χ2v) is 4.45. The van der Waals surface area contributed by atoms with Crippen molar-refractivity contribution in [3.05, 3.63) is 0 Å². The summed E-state index contributed by atoms with van der Waals surface area (Å²) in [7, 11) is 2.05. The highest BCUT2D eigenvalue weighted by Gasteiger charge is 2.23. The lowest BCUT2D eigenvalue weighted by molar-refractivity contribution is 0.214. The van der Waals surface area contributed by atoms with Crippen LogP contribution >= 0.6 is 0 Å². The van der Waals surface area contributed by atoms with Crippen LogP contribution in [0.4, 0.5) is 4.79 Å². The Morgan fingerprint density at radius 1 is 1.40 bits per heavy atom. The maximum absolute atomic E-state index is 11.6. The molecule has 2 aliphatic rings. The molecule has 2 saturated heterocycles. The van der Waals surface area contributed by atoms with Crippen LogP contribution in [0.25, 0.3) is 0 Å². The summed E-state index contributed by atoms with van der Waals surface area (Å²) >= 11 is 0. The van der Waals surface area contributed by atoms with E-state index in [0.717, 1.165) is 32.5 Å². The molecule has 0 aromatic heterocycles. The van der Waals surface area contributed by atoms with Crippen molar-refractivity contribution in [3.63, 3.8) is 0 Å². The van der Waals surface area contributed by atoms with E-state index < -0.39 is 0 Å². The molecule has 0 aromatic rings. The van der Waals surface area contributed by atoms with Gasteiger partial charge in [0.25, 0.3) is 0 Å². The Hall–Kier alpha value is -0.810. The number of urea groups is 1. The number of nitrogens with one attached hydrogen (secondary N) is 3. The van der Waals surface area contributed by atoms with Gasteiger partial charge in [-0.3, -0.25) is 4.90 Å². The molecule has 0 saturated carbocycles. The second-order valence-electron chi connectivity index (χ2n) is 4.45. The van der Waals surface area contributed by atoms with E-state index in [2.05, 4.69) is 27.9 Å². The molecule has 0 spiro atoms. The lowest BCUT2D eigenvalue weighted by Crippen LogP contribution is -2.50. The number of likely N-dealkylation sites (tertiary alicyclic amines) is 1. The quantitative estimate of drug-likeness (QED) is 0.589. The molecule has 2 rings (SSSR count). The molecule has 5 nitrogen and oxygen atoms in total. The van der Waals surface area contributed by atoms with Gasteiger partial charge in [0.15, 0.2) is 0 Å². The van der Waals surface area contributed by atoms with Crippen LogP contribution in [0.5, 0.6) is 0 Å². The van der Waals surface area contributed by atoms with E-state index in [1.165, 1.54) is 6.42 Å². The molecule has 3 N–H and O–H groups in total. The van der Waals surface area contributed by atoms with Gasteiger partial charge >= 0.3 is 6.03 Å². The van der Waals surface area contributed by atoms with Gasteiger partial charge < -0.3 is 16.0 Å². The standard InChI is InChI=1S/C10H20N4O/c1-14-6-2-3-9(14)13-10(15)12-8-4-5-11-7-8/h8-9,11H,2-7H2,1H3,(H2,12,13,15). The molecule has 2 atom stereocenters. The Kier molecular flexibility index (Phi) is 3.43. The normalized spacial score (nSPS) is 31.8. The monoisotopic (exact) mass is 212 g/mol.